The molecule has 1 heterocycles. The number of nitrogens with zero attached hydrogens (tertiary/aromatic N) is 1. The van der Waals surface area contributed by atoms with Gasteiger partial charge in [0, 0.05) is 25.6 Å². The molecule has 0 unspecified atom stereocenters. The van der Waals surface area contributed by atoms with Crippen LogP contribution >= 0.6 is 0 Å². The molecule has 1 rings (SSSR count). The molecule has 2 nitrogen and oxygen atoms in total. The summed E-state index contributed by atoms with van der Waals surface area (Å²) in [6.45, 7) is 3.70. The van der Waals surface area contributed by atoms with E-state index >= 15 is 0 Å². The van der Waals surface area contributed by atoms with Gasteiger partial charge >= 0.3 is 0 Å². The third-order valence-corrected chi connectivity index (χ3v) is 1.71. The zero-order valence-electron chi connectivity index (χ0n) is 7.49. The van der Waals surface area contributed by atoms with Gasteiger partial charge in [-0.2, -0.15) is 0 Å². The third-order valence-electron chi connectivity index (χ3n) is 1.71. The average Bonchev–Trinajstić information content (AvgIpc) is 2.14. The van der Waals surface area contributed by atoms with Gasteiger partial charge in [0.25, 0.3) is 0 Å². The van der Waals surface area contributed by atoms with Crippen LogP contribution in [0, 0.1) is 0 Å². The fourth-order valence-electron chi connectivity index (χ4n) is 1.07. The first-order chi connectivity index (χ1) is 5.93. The highest BCUT2D eigenvalue weighted by atomic mass is 16.5. The molecule has 0 N–H and O–H groups in total. The molecular formula is C10H15NO. The minimum atomic E-state index is 0.816. The van der Waals surface area contributed by atoms with Crippen LogP contribution in [0.25, 0.3) is 0 Å². The molecule has 0 radical (unpaired) electrons. The molecule has 1 aromatic rings. The second-order valence-corrected chi connectivity index (χ2v) is 2.66. The molecule has 0 spiro atoms. The van der Waals surface area contributed by atoms with Crippen molar-refractivity contribution in [3.63, 3.8) is 0 Å². The van der Waals surface area contributed by atoms with E-state index in [1.807, 2.05) is 31.5 Å². The van der Waals surface area contributed by atoms with Crippen LogP contribution in [0.5, 0.6) is 0 Å². The average molecular weight is 165 g/mol. The largest absolute Gasteiger partial charge is 0.382 e. The van der Waals surface area contributed by atoms with Crippen LogP contribution in [0.15, 0.2) is 24.5 Å². The molecule has 0 amide bonds. The van der Waals surface area contributed by atoms with Gasteiger partial charge in [0.05, 0.1) is 0 Å². The van der Waals surface area contributed by atoms with E-state index in [9.17, 15) is 0 Å². The van der Waals surface area contributed by atoms with Gasteiger partial charge in [-0.05, 0) is 37.5 Å². The molecular weight excluding hydrogens is 150 g/mol. The number of aromatic nitrogens is 1. The van der Waals surface area contributed by atoms with E-state index in [0.717, 1.165) is 26.1 Å². The third kappa shape index (κ3) is 3.49. The Morgan fingerprint density at radius 2 is 2.08 bits per heavy atom. The van der Waals surface area contributed by atoms with E-state index in [2.05, 4.69) is 4.98 Å². The quantitative estimate of drug-likeness (QED) is 0.623. The van der Waals surface area contributed by atoms with Gasteiger partial charge in [0.1, 0.15) is 0 Å². The maximum Gasteiger partial charge on any atom is 0.0469 e. The minimum Gasteiger partial charge on any atom is -0.382 e. The van der Waals surface area contributed by atoms with Crippen LogP contribution in [0.3, 0.4) is 0 Å². The van der Waals surface area contributed by atoms with E-state index in [0.29, 0.717) is 0 Å². The SMILES string of the molecule is CCOCCCc1ccncc1. The highest BCUT2D eigenvalue weighted by Crippen LogP contribution is 2.00. The summed E-state index contributed by atoms with van der Waals surface area (Å²) in [7, 11) is 0. The summed E-state index contributed by atoms with van der Waals surface area (Å²) in [6, 6.07) is 4.10. The number of pyridine rings is 1. The van der Waals surface area contributed by atoms with Crippen molar-refractivity contribution in [2.75, 3.05) is 13.2 Å². The van der Waals surface area contributed by atoms with Crippen molar-refractivity contribution in [3.05, 3.63) is 30.1 Å². The van der Waals surface area contributed by atoms with Gasteiger partial charge in [0.2, 0.25) is 0 Å². The van der Waals surface area contributed by atoms with E-state index in [-0.39, 0.29) is 0 Å². The van der Waals surface area contributed by atoms with Crippen molar-refractivity contribution in [2.45, 2.75) is 19.8 Å². The molecule has 66 valence electrons. The van der Waals surface area contributed by atoms with Crippen molar-refractivity contribution < 1.29 is 4.74 Å². The van der Waals surface area contributed by atoms with Crippen molar-refractivity contribution in [3.8, 4) is 0 Å². The van der Waals surface area contributed by atoms with Crippen LogP contribution in [0.2, 0.25) is 0 Å². The minimum absolute atomic E-state index is 0.816. The summed E-state index contributed by atoms with van der Waals surface area (Å²) in [4.78, 5) is 3.96. The lowest BCUT2D eigenvalue weighted by atomic mass is 10.1. The van der Waals surface area contributed by atoms with Crippen LogP contribution in [0.4, 0.5) is 0 Å². The molecule has 0 fully saturated rings. The lowest BCUT2D eigenvalue weighted by molar-refractivity contribution is 0.145. The molecule has 0 aliphatic rings. The summed E-state index contributed by atoms with van der Waals surface area (Å²) in [6.07, 6.45) is 5.84. The van der Waals surface area contributed by atoms with E-state index in [1.165, 1.54) is 5.56 Å². The number of rotatable bonds is 5. The molecule has 0 aromatic carbocycles. The number of aryl methyl sites for hydroxylation is 1. The fourth-order valence-corrected chi connectivity index (χ4v) is 1.07. The van der Waals surface area contributed by atoms with E-state index in [4.69, 9.17) is 4.74 Å². The maximum absolute atomic E-state index is 5.24. The Balaban J connectivity index is 2.16. The van der Waals surface area contributed by atoms with Crippen molar-refractivity contribution in [2.24, 2.45) is 0 Å². The topological polar surface area (TPSA) is 22.1 Å². The Morgan fingerprint density at radius 3 is 2.75 bits per heavy atom. The number of hydrogen-bond donors (Lipinski definition) is 0. The predicted molar refractivity (Wildman–Crippen MR) is 49.1 cm³/mol. The van der Waals surface area contributed by atoms with Crippen molar-refractivity contribution >= 4 is 0 Å². The Hall–Kier alpha value is -0.890. The van der Waals surface area contributed by atoms with Gasteiger partial charge in [-0.25, -0.2) is 0 Å². The van der Waals surface area contributed by atoms with Crippen molar-refractivity contribution in [1.82, 2.24) is 4.98 Å². The van der Waals surface area contributed by atoms with Crippen LogP contribution in [-0.2, 0) is 11.2 Å². The summed E-state index contributed by atoms with van der Waals surface area (Å²) in [5.41, 5.74) is 1.34. The zero-order chi connectivity index (χ0) is 8.65. The van der Waals surface area contributed by atoms with Gasteiger partial charge in [-0.3, -0.25) is 4.98 Å². The molecule has 0 atom stereocenters. The first-order valence-electron chi connectivity index (χ1n) is 4.40. The van der Waals surface area contributed by atoms with E-state index in [1.54, 1.807) is 0 Å². The maximum atomic E-state index is 5.24. The Bertz CT molecular complexity index is 198. The monoisotopic (exact) mass is 165 g/mol. The smallest absolute Gasteiger partial charge is 0.0469 e. The first-order valence-corrected chi connectivity index (χ1v) is 4.40. The lowest BCUT2D eigenvalue weighted by Crippen LogP contribution is -1.95. The molecule has 1 aromatic heterocycles. The summed E-state index contributed by atoms with van der Waals surface area (Å²) in [5.74, 6) is 0. The zero-order valence-corrected chi connectivity index (χ0v) is 7.49. The Kier molecular flexibility index (Phi) is 4.39. The number of ether oxygens (including phenoxy) is 1. The van der Waals surface area contributed by atoms with E-state index < -0.39 is 0 Å². The molecule has 0 aliphatic heterocycles. The Labute approximate surface area is 73.6 Å². The summed E-state index contributed by atoms with van der Waals surface area (Å²) in [5, 5.41) is 0. The second kappa shape index (κ2) is 5.72. The van der Waals surface area contributed by atoms with Crippen LogP contribution in [0.1, 0.15) is 18.9 Å². The van der Waals surface area contributed by atoms with Gasteiger partial charge < -0.3 is 4.74 Å². The van der Waals surface area contributed by atoms with Gasteiger partial charge in [0.15, 0.2) is 0 Å². The highest BCUT2D eigenvalue weighted by molar-refractivity contribution is 5.09. The highest BCUT2D eigenvalue weighted by Gasteiger charge is 1.90. The molecule has 0 bridgehead atoms. The molecule has 0 saturated heterocycles. The fraction of sp³-hybridized carbons (Fsp3) is 0.500. The summed E-state index contributed by atoms with van der Waals surface area (Å²) >= 11 is 0. The standard InChI is InChI=1S/C10H15NO/c1-2-12-9-3-4-10-5-7-11-8-6-10/h5-8H,2-4,9H2,1H3. The van der Waals surface area contributed by atoms with Crippen LogP contribution in [-0.4, -0.2) is 18.2 Å². The molecule has 0 saturated carbocycles. The number of hydrogen-bond acceptors (Lipinski definition) is 2. The van der Waals surface area contributed by atoms with Gasteiger partial charge in [-0.15, -0.1) is 0 Å². The molecule has 12 heavy (non-hydrogen) atoms. The first kappa shape index (κ1) is 9.20. The molecule has 0 aliphatic carbocycles. The second-order valence-electron chi connectivity index (χ2n) is 2.66. The van der Waals surface area contributed by atoms with Crippen molar-refractivity contribution in [1.29, 1.82) is 0 Å². The predicted octanol–water partition coefficient (Wildman–Crippen LogP) is 2.05. The molecule has 2 heteroatoms. The lowest BCUT2D eigenvalue weighted by Gasteiger charge is -2.00. The summed E-state index contributed by atoms with van der Waals surface area (Å²) < 4.78 is 5.24. The Morgan fingerprint density at radius 1 is 1.33 bits per heavy atom. The van der Waals surface area contributed by atoms with Gasteiger partial charge in [-0.1, -0.05) is 0 Å². The van der Waals surface area contributed by atoms with Crippen LogP contribution < -0.4 is 0 Å². The normalized spacial score (nSPS) is 10.1.